The highest BCUT2D eigenvalue weighted by Crippen LogP contribution is 2.26. The van der Waals surface area contributed by atoms with E-state index in [1.807, 2.05) is 64.1 Å². The molecule has 8 heteroatoms. The van der Waals surface area contributed by atoms with Crippen LogP contribution in [0.25, 0.3) is 6.08 Å². The third-order valence-electron chi connectivity index (χ3n) is 6.52. The lowest BCUT2D eigenvalue weighted by molar-refractivity contribution is -0.141. The Hall–Kier alpha value is -4.46. The van der Waals surface area contributed by atoms with Crippen LogP contribution in [0.1, 0.15) is 57.7 Å². The van der Waals surface area contributed by atoms with Gasteiger partial charge < -0.3 is 20.5 Å². The number of hydrogen-bond donors (Lipinski definition) is 3. The van der Waals surface area contributed by atoms with Crippen molar-refractivity contribution in [2.24, 2.45) is 11.3 Å². The Balaban J connectivity index is 1.68. The number of hydrogen-bond acceptors (Lipinski definition) is 4. The zero-order valence-corrected chi connectivity index (χ0v) is 23.8. The van der Waals surface area contributed by atoms with Crippen LogP contribution in [0.5, 0.6) is 11.5 Å². The number of rotatable bonds is 12. The summed E-state index contributed by atoms with van der Waals surface area (Å²) in [5, 5.41) is 15.2. The van der Waals surface area contributed by atoms with E-state index in [4.69, 9.17) is 4.74 Å². The van der Waals surface area contributed by atoms with E-state index in [1.54, 1.807) is 42.5 Å². The number of carboxylic acid groups (broad SMARTS) is 1. The number of halogens is 1. The Bertz CT molecular complexity index is 1350. The van der Waals surface area contributed by atoms with E-state index in [0.29, 0.717) is 11.3 Å². The number of amides is 2. The van der Waals surface area contributed by atoms with Gasteiger partial charge in [-0.25, -0.2) is 4.39 Å². The van der Waals surface area contributed by atoms with Crippen LogP contribution in [0.4, 0.5) is 4.39 Å². The number of ether oxygens (including phenoxy) is 1. The first-order chi connectivity index (χ1) is 19.4. The molecule has 0 saturated heterocycles. The number of allylic oxidation sites excluding steroid dienone is 1. The van der Waals surface area contributed by atoms with Crippen LogP contribution in [0.3, 0.4) is 0 Å². The van der Waals surface area contributed by atoms with Gasteiger partial charge >= 0.3 is 5.97 Å². The summed E-state index contributed by atoms with van der Waals surface area (Å²) in [5.41, 5.74) is 0.810. The zero-order chi connectivity index (χ0) is 30.0. The van der Waals surface area contributed by atoms with E-state index < -0.39 is 41.5 Å². The Morgan fingerprint density at radius 2 is 1.56 bits per heavy atom. The normalized spacial score (nSPS) is 13.7. The summed E-state index contributed by atoms with van der Waals surface area (Å²) in [5.74, 6) is -2.95. The van der Waals surface area contributed by atoms with Gasteiger partial charge in [0.25, 0.3) is 0 Å². The second-order valence-corrected chi connectivity index (χ2v) is 11.0. The summed E-state index contributed by atoms with van der Waals surface area (Å²) in [6.45, 7) is 7.35. The summed E-state index contributed by atoms with van der Waals surface area (Å²) >= 11 is 0. The molecule has 3 N–H and O–H groups in total. The Morgan fingerprint density at radius 1 is 0.927 bits per heavy atom. The molecule has 0 spiro atoms. The van der Waals surface area contributed by atoms with Crippen molar-refractivity contribution >= 4 is 23.9 Å². The van der Waals surface area contributed by atoms with Crippen LogP contribution in [-0.2, 0) is 14.4 Å². The third-order valence-corrected chi connectivity index (χ3v) is 6.52. The number of carboxylic acids is 1. The molecule has 3 atom stereocenters. The molecule has 0 heterocycles. The van der Waals surface area contributed by atoms with Crippen molar-refractivity contribution in [1.29, 1.82) is 0 Å². The zero-order valence-electron chi connectivity index (χ0n) is 23.8. The minimum absolute atomic E-state index is 0.0737. The predicted octanol–water partition coefficient (Wildman–Crippen LogP) is 6.52. The largest absolute Gasteiger partial charge is 0.481 e. The number of carbonyl (C=O) groups is 3. The molecule has 7 nitrogen and oxygen atoms in total. The molecule has 0 bridgehead atoms. The molecule has 0 aliphatic rings. The smallest absolute Gasteiger partial charge is 0.304 e. The molecule has 0 aliphatic heterocycles. The summed E-state index contributed by atoms with van der Waals surface area (Å²) in [4.78, 5) is 38.0. The second kappa shape index (κ2) is 14.3. The van der Waals surface area contributed by atoms with Gasteiger partial charge in [-0.3, -0.25) is 14.4 Å². The van der Waals surface area contributed by atoms with Gasteiger partial charge in [0.2, 0.25) is 11.8 Å². The van der Waals surface area contributed by atoms with Crippen LogP contribution >= 0.6 is 0 Å². The monoisotopic (exact) mass is 560 g/mol. The molecule has 0 fully saturated rings. The molecule has 1 unspecified atom stereocenters. The van der Waals surface area contributed by atoms with Crippen LogP contribution in [0, 0.1) is 17.2 Å². The minimum Gasteiger partial charge on any atom is -0.481 e. The number of carbonyl (C=O) groups excluding carboxylic acids is 2. The molecular weight excluding hydrogens is 523 g/mol. The van der Waals surface area contributed by atoms with Crippen molar-refractivity contribution in [3.63, 3.8) is 0 Å². The number of aliphatic carboxylic acids is 1. The second-order valence-electron chi connectivity index (χ2n) is 11.0. The topological polar surface area (TPSA) is 105 Å². The lowest BCUT2D eigenvalue weighted by atomic mass is 9.85. The van der Waals surface area contributed by atoms with E-state index in [9.17, 15) is 23.9 Å². The molecule has 0 radical (unpaired) electrons. The van der Waals surface area contributed by atoms with Crippen molar-refractivity contribution in [2.75, 3.05) is 0 Å². The SMILES string of the molecule is C[C@@H](NC(=O)C(NC(=O)[C@H](C/C=C/c1ccc(Oc2ccccc2)c(F)c1)CC(=O)O)C(C)(C)C)c1ccccc1. The standard InChI is InChI=1S/C33H37FN2O5/c1-22(24-13-7-5-8-14-24)35-32(40)30(33(2,3)4)36-31(39)25(21-29(37)38)15-11-12-23-18-19-28(27(34)20-23)41-26-16-9-6-10-17-26/h5-14,16-20,22,25,30H,15,21H2,1-4H3,(H,35,40)(H,36,39)(H,37,38)/b12-11+/t22-,25-,30?/m1/s1. The maximum absolute atomic E-state index is 14.6. The van der Waals surface area contributed by atoms with Crippen LogP contribution in [-0.4, -0.2) is 28.9 Å². The number of nitrogens with one attached hydrogen (secondary N) is 2. The molecule has 3 aromatic rings. The molecule has 216 valence electrons. The van der Waals surface area contributed by atoms with Gasteiger partial charge in [0, 0.05) is 0 Å². The van der Waals surface area contributed by atoms with E-state index in [0.717, 1.165) is 5.56 Å². The Morgan fingerprint density at radius 3 is 2.15 bits per heavy atom. The number of para-hydroxylation sites is 1. The molecule has 3 rings (SSSR count). The first-order valence-corrected chi connectivity index (χ1v) is 13.5. The van der Waals surface area contributed by atoms with E-state index in [-0.39, 0.29) is 24.1 Å². The van der Waals surface area contributed by atoms with Crippen LogP contribution in [0.15, 0.2) is 84.9 Å². The average Bonchev–Trinajstić information content (AvgIpc) is 2.92. The van der Waals surface area contributed by atoms with Crippen LogP contribution in [0.2, 0.25) is 0 Å². The van der Waals surface area contributed by atoms with Crippen molar-refractivity contribution in [2.45, 2.75) is 52.6 Å². The maximum Gasteiger partial charge on any atom is 0.304 e. The summed E-state index contributed by atoms with van der Waals surface area (Å²) < 4.78 is 20.2. The van der Waals surface area contributed by atoms with Crippen molar-refractivity contribution in [3.05, 3.63) is 102 Å². The Labute approximate surface area is 240 Å². The van der Waals surface area contributed by atoms with Crippen molar-refractivity contribution in [1.82, 2.24) is 10.6 Å². The fraction of sp³-hybridized carbons (Fsp3) is 0.303. The molecule has 0 saturated carbocycles. The van der Waals surface area contributed by atoms with Gasteiger partial charge in [0.1, 0.15) is 11.8 Å². The van der Waals surface area contributed by atoms with Crippen molar-refractivity contribution < 1.29 is 28.6 Å². The van der Waals surface area contributed by atoms with Gasteiger partial charge in [0.15, 0.2) is 11.6 Å². The molecular formula is C33H37FN2O5. The predicted molar refractivity (Wildman–Crippen MR) is 157 cm³/mol. The van der Waals surface area contributed by atoms with Gasteiger partial charge in [-0.2, -0.15) is 0 Å². The first-order valence-electron chi connectivity index (χ1n) is 13.5. The van der Waals surface area contributed by atoms with E-state index >= 15 is 0 Å². The highest BCUT2D eigenvalue weighted by Gasteiger charge is 2.35. The molecule has 41 heavy (non-hydrogen) atoms. The van der Waals surface area contributed by atoms with E-state index in [2.05, 4.69) is 10.6 Å². The maximum atomic E-state index is 14.6. The molecule has 2 amide bonds. The van der Waals surface area contributed by atoms with Gasteiger partial charge in [-0.15, -0.1) is 0 Å². The van der Waals surface area contributed by atoms with Crippen LogP contribution < -0.4 is 15.4 Å². The highest BCUT2D eigenvalue weighted by molar-refractivity contribution is 5.90. The summed E-state index contributed by atoms with van der Waals surface area (Å²) in [6.07, 6.45) is 2.91. The summed E-state index contributed by atoms with van der Waals surface area (Å²) in [7, 11) is 0. The number of benzene rings is 3. The third kappa shape index (κ3) is 9.60. The quantitative estimate of drug-likeness (QED) is 0.234. The Kier molecular flexibility index (Phi) is 10.8. The molecule has 0 aliphatic carbocycles. The first kappa shape index (κ1) is 31.1. The van der Waals surface area contributed by atoms with Crippen molar-refractivity contribution in [3.8, 4) is 11.5 Å². The fourth-order valence-corrected chi connectivity index (χ4v) is 4.24. The fourth-order valence-electron chi connectivity index (χ4n) is 4.24. The highest BCUT2D eigenvalue weighted by atomic mass is 19.1. The van der Waals surface area contributed by atoms with Gasteiger partial charge in [-0.1, -0.05) is 87.5 Å². The average molecular weight is 561 g/mol. The molecule has 0 aromatic heterocycles. The minimum atomic E-state index is -1.14. The van der Waals surface area contributed by atoms with E-state index in [1.165, 1.54) is 12.1 Å². The van der Waals surface area contributed by atoms with Gasteiger partial charge in [0.05, 0.1) is 18.4 Å². The summed E-state index contributed by atoms with van der Waals surface area (Å²) in [6, 6.07) is 21.6. The lowest BCUT2D eigenvalue weighted by Gasteiger charge is -2.32. The lowest BCUT2D eigenvalue weighted by Crippen LogP contribution is -2.55. The molecule has 3 aromatic carbocycles. The van der Waals surface area contributed by atoms with Gasteiger partial charge in [-0.05, 0) is 54.2 Å².